The summed E-state index contributed by atoms with van der Waals surface area (Å²) >= 11 is 0. The Morgan fingerprint density at radius 1 is 1.58 bits per heavy atom. The summed E-state index contributed by atoms with van der Waals surface area (Å²) in [4.78, 5) is 10.8. The first kappa shape index (κ1) is 11.0. The third kappa shape index (κ3) is 4.77. The Morgan fingerprint density at radius 2 is 2.25 bits per heavy atom. The van der Waals surface area contributed by atoms with Crippen molar-refractivity contribution in [3.63, 3.8) is 0 Å². The lowest BCUT2D eigenvalue weighted by atomic mass is 10.2. The minimum atomic E-state index is -0.615. The van der Waals surface area contributed by atoms with Gasteiger partial charge in [-0.15, -0.1) is 0 Å². The molecule has 0 rings (SSSR count). The van der Waals surface area contributed by atoms with Gasteiger partial charge in [-0.2, -0.15) is 0 Å². The molecule has 0 saturated carbocycles. The summed E-state index contributed by atoms with van der Waals surface area (Å²) in [6, 6.07) is 0. The topological polar surface area (TPSA) is 35.5 Å². The second-order valence-corrected chi connectivity index (χ2v) is 2.36. The van der Waals surface area contributed by atoms with Gasteiger partial charge >= 0.3 is 6.16 Å². The quantitative estimate of drug-likeness (QED) is 0.472. The summed E-state index contributed by atoms with van der Waals surface area (Å²) in [7, 11) is 0. The maximum atomic E-state index is 10.8. The Hall–Kier alpha value is -0.990. The first-order chi connectivity index (χ1) is 5.74. The molecule has 0 aliphatic rings. The highest BCUT2D eigenvalue weighted by atomic mass is 16.7. The Bertz CT molecular complexity index is 143. The number of rotatable bonds is 5. The van der Waals surface area contributed by atoms with E-state index in [0.29, 0.717) is 6.61 Å². The number of hydrogen-bond acceptors (Lipinski definition) is 3. The standard InChI is InChI=1S/C9H16O3/c1-4-7-8(5-2)12-9(10)11-6-3/h5,8H,2,4,6-7H2,1,3H3. The molecule has 3 heteroatoms. The lowest BCUT2D eigenvalue weighted by Crippen LogP contribution is -2.16. The maximum Gasteiger partial charge on any atom is 0.508 e. The summed E-state index contributed by atoms with van der Waals surface area (Å²) in [6.45, 7) is 7.66. The van der Waals surface area contributed by atoms with Crippen LogP contribution < -0.4 is 0 Å². The highest BCUT2D eigenvalue weighted by molar-refractivity contribution is 5.60. The molecule has 1 unspecified atom stereocenters. The van der Waals surface area contributed by atoms with E-state index in [1.807, 2.05) is 6.92 Å². The van der Waals surface area contributed by atoms with E-state index in [1.165, 1.54) is 0 Å². The van der Waals surface area contributed by atoms with Crippen molar-refractivity contribution in [2.75, 3.05) is 6.61 Å². The van der Waals surface area contributed by atoms with Crippen LogP contribution in [0.3, 0.4) is 0 Å². The molecular weight excluding hydrogens is 156 g/mol. The predicted molar refractivity (Wildman–Crippen MR) is 47.0 cm³/mol. The van der Waals surface area contributed by atoms with Crippen LogP contribution in [0.5, 0.6) is 0 Å². The van der Waals surface area contributed by atoms with Crippen LogP contribution in [0.1, 0.15) is 26.7 Å². The molecule has 0 radical (unpaired) electrons. The highest BCUT2D eigenvalue weighted by Gasteiger charge is 2.09. The molecule has 0 N–H and O–H groups in total. The van der Waals surface area contributed by atoms with Crippen LogP contribution in [0.25, 0.3) is 0 Å². The van der Waals surface area contributed by atoms with Gasteiger partial charge in [0, 0.05) is 0 Å². The van der Waals surface area contributed by atoms with Crippen molar-refractivity contribution in [3.05, 3.63) is 12.7 Å². The predicted octanol–water partition coefficient (Wildman–Crippen LogP) is 2.51. The molecule has 0 saturated heterocycles. The van der Waals surface area contributed by atoms with Crippen molar-refractivity contribution >= 4 is 6.16 Å². The van der Waals surface area contributed by atoms with E-state index >= 15 is 0 Å². The van der Waals surface area contributed by atoms with Crippen LogP contribution in [0.2, 0.25) is 0 Å². The van der Waals surface area contributed by atoms with E-state index in [4.69, 9.17) is 4.74 Å². The zero-order chi connectivity index (χ0) is 9.40. The summed E-state index contributed by atoms with van der Waals surface area (Å²) in [5.74, 6) is 0. The molecule has 0 aliphatic heterocycles. The molecule has 0 spiro atoms. The van der Waals surface area contributed by atoms with Gasteiger partial charge < -0.3 is 9.47 Å². The third-order valence-corrected chi connectivity index (χ3v) is 1.35. The van der Waals surface area contributed by atoms with Crippen LogP contribution in [0.4, 0.5) is 4.79 Å². The lowest BCUT2D eigenvalue weighted by Gasteiger charge is -2.11. The largest absolute Gasteiger partial charge is 0.508 e. The summed E-state index contributed by atoms with van der Waals surface area (Å²) in [6.07, 6.45) is 2.53. The fraction of sp³-hybridized carbons (Fsp3) is 0.667. The van der Waals surface area contributed by atoms with Gasteiger partial charge in [-0.25, -0.2) is 4.79 Å². The van der Waals surface area contributed by atoms with Crippen molar-refractivity contribution in [3.8, 4) is 0 Å². The molecule has 0 aromatic rings. The van der Waals surface area contributed by atoms with Crippen LogP contribution in [0.15, 0.2) is 12.7 Å². The van der Waals surface area contributed by atoms with Crippen molar-refractivity contribution in [2.45, 2.75) is 32.8 Å². The normalized spacial score (nSPS) is 11.8. The molecule has 0 bridgehead atoms. The monoisotopic (exact) mass is 172 g/mol. The van der Waals surface area contributed by atoms with E-state index < -0.39 is 6.16 Å². The number of ether oxygens (including phenoxy) is 2. The zero-order valence-corrected chi connectivity index (χ0v) is 7.71. The molecule has 70 valence electrons. The number of carbonyl (C=O) groups is 1. The van der Waals surface area contributed by atoms with Crippen molar-refractivity contribution in [2.24, 2.45) is 0 Å². The Morgan fingerprint density at radius 3 is 2.67 bits per heavy atom. The molecule has 12 heavy (non-hydrogen) atoms. The van der Waals surface area contributed by atoms with Gasteiger partial charge in [0.2, 0.25) is 0 Å². The molecule has 0 aromatic carbocycles. The first-order valence-corrected chi connectivity index (χ1v) is 4.20. The second-order valence-electron chi connectivity index (χ2n) is 2.36. The van der Waals surface area contributed by atoms with Gasteiger partial charge in [-0.3, -0.25) is 0 Å². The van der Waals surface area contributed by atoms with E-state index in [9.17, 15) is 4.79 Å². The molecule has 0 aliphatic carbocycles. The molecule has 0 aromatic heterocycles. The van der Waals surface area contributed by atoms with Crippen LogP contribution in [-0.4, -0.2) is 18.9 Å². The molecule has 0 amide bonds. The molecular formula is C9H16O3. The Balaban J connectivity index is 3.68. The summed E-state index contributed by atoms with van der Waals surface area (Å²) < 4.78 is 9.51. The van der Waals surface area contributed by atoms with Gasteiger partial charge in [0.05, 0.1) is 6.61 Å². The SMILES string of the molecule is C=CC(CCC)OC(=O)OCC. The van der Waals surface area contributed by atoms with Crippen molar-refractivity contribution in [1.82, 2.24) is 0 Å². The van der Waals surface area contributed by atoms with Crippen molar-refractivity contribution < 1.29 is 14.3 Å². The smallest absolute Gasteiger partial charge is 0.435 e. The summed E-state index contributed by atoms with van der Waals surface area (Å²) in [5.41, 5.74) is 0. The second kappa shape index (κ2) is 6.70. The fourth-order valence-electron chi connectivity index (χ4n) is 0.785. The van der Waals surface area contributed by atoms with Crippen LogP contribution in [-0.2, 0) is 9.47 Å². The van der Waals surface area contributed by atoms with Gasteiger partial charge in [0.15, 0.2) is 0 Å². The highest BCUT2D eigenvalue weighted by Crippen LogP contribution is 2.04. The molecule has 0 fully saturated rings. The lowest BCUT2D eigenvalue weighted by molar-refractivity contribution is 0.0382. The van der Waals surface area contributed by atoms with Gasteiger partial charge in [-0.1, -0.05) is 26.0 Å². The van der Waals surface area contributed by atoms with Gasteiger partial charge in [0.1, 0.15) is 6.10 Å². The van der Waals surface area contributed by atoms with Gasteiger partial charge in [0.25, 0.3) is 0 Å². The van der Waals surface area contributed by atoms with E-state index in [0.717, 1.165) is 12.8 Å². The van der Waals surface area contributed by atoms with E-state index in [1.54, 1.807) is 13.0 Å². The first-order valence-electron chi connectivity index (χ1n) is 4.20. The number of hydrogen-bond donors (Lipinski definition) is 0. The zero-order valence-electron chi connectivity index (χ0n) is 7.71. The molecule has 0 heterocycles. The molecule has 3 nitrogen and oxygen atoms in total. The van der Waals surface area contributed by atoms with Crippen molar-refractivity contribution in [1.29, 1.82) is 0 Å². The number of carbonyl (C=O) groups excluding carboxylic acids is 1. The van der Waals surface area contributed by atoms with E-state index in [-0.39, 0.29) is 6.10 Å². The van der Waals surface area contributed by atoms with Crippen LogP contribution >= 0.6 is 0 Å². The Kier molecular flexibility index (Phi) is 6.15. The third-order valence-electron chi connectivity index (χ3n) is 1.35. The van der Waals surface area contributed by atoms with Gasteiger partial charge in [-0.05, 0) is 13.3 Å². The average Bonchev–Trinajstić information content (AvgIpc) is 2.04. The summed E-state index contributed by atoms with van der Waals surface area (Å²) in [5, 5.41) is 0. The molecule has 1 atom stereocenters. The van der Waals surface area contributed by atoms with Crippen LogP contribution in [0, 0.1) is 0 Å². The minimum absolute atomic E-state index is 0.214. The minimum Gasteiger partial charge on any atom is -0.435 e. The maximum absolute atomic E-state index is 10.8. The average molecular weight is 172 g/mol. The van der Waals surface area contributed by atoms with E-state index in [2.05, 4.69) is 11.3 Å². The Labute approximate surface area is 73.4 Å². The fourth-order valence-corrected chi connectivity index (χ4v) is 0.785.